The van der Waals surface area contributed by atoms with Crippen molar-refractivity contribution < 1.29 is 9.18 Å². The molecule has 2 N–H and O–H groups in total. The summed E-state index contributed by atoms with van der Waals surface area (Å²) in [6.07, 6.45) is 13.6. The van der Waals surface area contributed by atoms with Gasteiger partial charge in [-0.15, -0.1) is 0 Å². The molecule has 0 spiro atoms. The van der Waals surface area contributed by atoms with Gasteiger partial charge in [-0.05, 0) is 101 Å². The molecule has 35 heavy (non-hydrogen) atoms. The van der Waals surface area contributed by atoms with E-state index in [1.165, 1.54) is 25.7 Å². The standard InChI is InChI=1S/C28H46FN5O/c1-18-13-22(8-9-25(18)29)26(21-6-7-21)31-27(35)23-14-20(17-33-12-11-32(3)28(33)30)15-24(16-23)34-10-4-5-19(34)2/h11-12,18-26,30H,4-10,13-17H2,1-3H3,(H,31,35)/t18?,19-,20?,22?,23?,24?,25?,26+/m1/s1. The van der Waals surface area contributed by atoms with E-state index in [4.69, 9.17) is 5.41 Å². The van der Waals surface area contributed by atoms with Crippen LogP contribution in [0.1, 0.15) is 78.1 Å². The Hall–Kier alpha value is -1.63. The second kappa shape index (κ2) is 10.4. The Bertz CT molecular complexity index is 938. The fourth-order valence-electron chi connectivity index (χ4n) is 7.57. The van der Waals surface area contributed by atoms with Gasteiger partial charge in [0.2, 0.25) is 11.5 Å². The molecule has 0 bridgehead atoms. The smallest absolute Gasteiger partial charge is 0.223 e. The number of likely N-dealkylation sites (tertiary alicyclic amines) is 1. The summed E-state index contributed by atoms with van der Waals surface area (Å²) in [4.78, 5) is 16.4. The molecule has 1 aliphatic heterocycles. The van der Waals surface area contributed by atoms with E-state index in [0.717, 1.165) is 45.2 Å². The van der Waals surface area contributed by atoms with E-state index in [2.05, 4.69) is 17.1 Å². The minimum absolute atomic E-state index is 0.0289. The van der Waals surface area contributed by atoms with Gasteiger partial charge in [-0.2, -0.15) is 0 Å². The van der Waals surface area contributed by atoms with E-state index in [0.29, 0.717) is 41.9 Å². The van der Waals surface area contributed by atoms with Crippen molar-refractivity contribution in [2.45, 2.75) is 109 Å². The molecule has 3 saturated carbocycles. The first-order valence-electron chi connectivity index (χ1n) is 14.3. The fourth-order valence-corrected chi connectivity index (χ4v) is 7.57. The Morgan fingerprint density at radius 2 is 1.86 bits per heavy atom. The van der Waals surface area contributed by atoms with Gasteiger partial charge in [0.05, 0.1) is 0 Å². The van der Waals surface area contributed by atoms with Gasteiger partial charge in [0, 0.05) is 50.0 Å². The Morgan fingerprint density at radius 1 is 1.09 bits per heavy atom. The maximum atomic E-state index is 14.1. The number of nitrogens with one attached hydrogen (secondary N) is 2. The monoisotopic (exact) mass is 487 g/mol. The lowest BCUT2D eigenvalue weighted by atomic mass is 9.75. The van der Waals surface area contributed by atoms with Crippen molar-refractivity contribution >= 4 is 5.91 Å². The summed E-state index contributed by atoms with van der Waals surface area (Å²) in [6, 6.07) is 1.27. The molecule has 4 aliphatic rings. The summed E-state index contributed by atoms with van der Waals surface area (Å²) in [6.45, 7) is 6.33. The van der Waals surface area contributed by atoms with E-state index in [9.17, 15) is 9.18 Å². The van der Waals surface area contributed by atoms with E-state index in [-0.39, 0.29) is 23.8 Å². The predicted octanol–water partition coefficient (Wildman–Crippen LogP) is 4.24. The van der Waals surface area contributed by atoms with Crippen molar-refractivity contribution in [3.8, 4) is 0 Å². The molecule has 8 atom stereocenters. The molecule has 1 aromatic rings. The molecule has 3 aliphatic carbocycles. The van der Waals surface area contributed by atoms with Crippen molar-refractivity contribution in [1.82, 2.24) is 19.4 Å². The minimum Gasteiger partial charge on any atom is -0.353 e. The highest BCUT2D eigenvalue weighted by Gasteiger charge is 2.43. The summed E-state index contributed by atoms with van der Waals surface area (Å²) in [7, 11) is 1.92. The molecule has 196 valence electrons. The SMILES string of the molecule is CC1CC([C@@H](NC(=O)C2CC(Cn3ccn(C)c3=N)CC(N3CCC[C@H]3C)C2)C2CC2)CCC1F. The van der Waals surface area contributed by atoms with Crippen LogP contribution in [-0.2, 0) is 18.4 Å². The highest BCUT2D eigenvalue weighted by atomic mass is 19.1. The van der Waals surface area contributed by atoms with Crippen LogP contribution in [0.4, 0.5) is 4.39 Å². The van der Waals surface area contributed by atoms with Crippen LogP contribution in [0.3, 0.4) is 0 Å². The number of carbonyl (C=O) groups excluding carboxylic acids is 1. The van der Waals surface area contributed by atoms with Gasteiger partial charge < -0.3 is 14.5 Å². The maximum Gasteiger partial charge on any atom is 0.223 e. The van der Waals surface area contributed by atoms with Gasteiger partial charge in [0.15, 0.2) is 0 Å². The zero-order valence-corrected chi connectivity index (χ0v) is 22.0. The Balaban J connectivity index is 1.30. The largest absolute Gasteiger partial charge is 0.353 e. The molecule has 1 aromatic heterocycles. The third-order valence-electron chi connectivity index (χ3n) is 9.81. The summed E-state index contributed by atoms with van der Waals surface area (Å²) in [5.74, 6) is 1.79. The number of nitrogens with zero attached hydrogens (tertiary/aromatic N) is 3. The van der Waals surface area contributed by atoms with Crippen molar-refractivity contribution in [1.29, 1.82) is 5.41 Å². The van der Waals surface area contributed by atoms with Crippen LogP contribution < -0.4 is 10.9 Å². The minimum atomic E-state index is -0.679. The Morgan fingerprint density at radius 3 is 2.49 bits per heavy atom. The van der Waals surface area contributed by atoms with Crippen LogP contribution in [0.15, 0.2) is 12.4 Å². The number of amides is 1. The molecule has 7 heteroatoms. The highest BCUT2D eigenvalue weighted by molar-refractivity contribution is 5.79. The summed E-state index contributed by atoms with van der Waals surface area (Å²) < 4.78 is 18.0. The molecule has 0 radical (unpaired) electrons. The first kappa shape index (κ1) is 25.0. The van der Waals surface area contributed by atoms with Crippen LogP contribution in [0, 0.1) is 35.0 Å². The number of hydrogen-bond acceptors (Lipinski definition) is 3. The lowest BCUT2D eigenvalue weighted by Gasteiger charge is -2.42. The molecular formula is C28H46FN5O. The van der Waals surface area contributed by atoms with Crippen LogP contribution in [0.5, 0.6) is 0 Å². The van der Waals surface area contributed by atoms with Crippen LogP contribution in [-0.4, -0.2) is 50.8 Å². The van der Waals surface area contributed by atoms with E-state index >= 15 is 0 Å². The molecule has 4 fully saturated rings. The third kappa shape index (κ3) is 5.55. The second-order valence-electron chi connectivity index (χ2n) is 12.5. The van der Waals surface area contributed by atoms with E-state index in [1.807, 2.05) is 35.5 Å². The summed E-state index contributed by atoms with van der Waals surface area (Å²) >= 11 is 0. The molecule has 0 aromatic carbocycles. The molecule has 2 heterocycles. The first-order valence-corrected chi connectivity index (χ1v) is 14.3. The van der Waals surface area contributed by atoms with Gasteiger partial charge in [0.25, 0.3) is 0 Å². The topological polar surface area (TPSA) is 66.0 Å². The van der Waals surface area contributed by atoms with Gasteiger partial charge >= 0.3 is 0 Å². The number of imidazole rings is 1. The van der Waals surface area contributed by atoms with Crippen molar-refractivity contribution in [2.75, 3.05) is 6.54 Å². The number of aromatic nitrogens is 2. The number of alkyl halides is 1. The van der Waals surface area contributed by atoms with Crippen LogP contribution in [0.25, 0.3) is 0 Å². The van der Waals surface area contributed by atoms with E-state index < -0.39 is 6.17 Å². The maximum absolute atomic E-state index is 14.1. The van der Waals surface area contributed by atoms with Gasteiger partial charge in [-0.25, -0.2) is 4.39 Å². The van der Waals surface area contributed by atoms with Crippen LogP contribution >= 0.6 is 0 Å². The Kier molecular flexibility index (Phi) is 7.43. The highest BCUT2D eigenvalue weighted by Crippen LogP contribution is 2.43. The zero-order chi connectivity index (χ0) is 24.7. The fraction of sp³-hybridized carbons (Fsp3) is 0.857. The van der Waals surface area contributed by atoms with Gasteiger partial charge in [-0.1, -0.05) is 6.92 Å². The normalized spacial score (nSPS) is 37.3. The third-order valence-corrected chi connectivity index (χ3v) is 9.81. The van der Waals surface area contributed by atoms with Gasteiger partial charge in [-0.3, -0.25) is 15.1 Å². The average molecular weight is 488 g/mol. The summed E-state index contributed by atoms with van der Waals surface area (Å²) in [5.41, 5.74) is 0.522. The lowest BCUT2D eigenvalue weighted by Crippen LogP contribution is -2.50. The number of rotatable bonds is 7. The van der Waals surface area contributed by atoms with Gasteiger partial charge in [0.1, 0.15) is 6.17 Å². The number of carbonyl (C=O) groups is 1. The predicted molar refractivity (Wildman–Crippen MR) is 135 cm³/mol. The molecule has 1 saturated heterocycles. The quantitative estimate of drug-likeness (QED) is 0.604. The number of halogens is 1. The van der Waals surface area contributed by atoms with Crippen LogP contribution in [0.2, 0.25) is 0 Å². The van der Waals surface area contributed by atoms with E-state index in [1.54, 1.807) is 0 Å². The lowest BCUT2D eigenvalue weighted by molar-refractivity contribution is -0.129. The first-order chi connectivity index (χ1) is 16.8. The number of aryl methyl sites for hydroxylation is 1. The van der Waals surface area contributed by atoms with Crippen molar-refractivity contribution in [2.24, 2.45) is 36.6 Å². The molecular weight excluding hydrogens is 441 g/mol. The zero-order valence-electron chi connectivity index (χ0n) is 22.0. The van der Waals surface area contributed by atoms with Crippen molar-refractivity contribution in [3.63, 3.8) is 0 Å². The molecule has 6 nitrogen and oxygen atoms in total. The molecule has 6 unspecified atom stereocenters. The Labute approximate surface area is 210 Å². The average Bonchev–Trinajstić information content (AvgIpc) is 3.52. The summed E-state index contributed by atoms with van der Waals surface area (Å²) in [5, 5.41) is 11.9. The molecule has 1 amide bonds. The second-order valence-corrected chi connectivity index (χ2v) is 12.5. The number of hydrogen-bond donors (Lipinski definition) is 2. The van der Waals surface area contributed by atoms with Crippen molar-refractivity contribution in [3.05, 3.63) is 18.0 Å². The molecule has 5 rings (SSSR count).